The van der Waals surface area contributed by atoms with Crippen molar-refractivity contribution in [1.82, 2.24) is 29.7 Å². The highest BCUT2D eigenvalue weighted by Gasteiger charge is 2.35. The van der Waals surface area contributed by atoms with Crippen LogP contribution >= 0.6 is 22.9 Å². The summed E-state index contributed by atoms with van der Waals surface area (Å²) in [6.07, 6.45) is -2.82. The Morgan fingerprint density at radius 1 is 1.23 bits per heavy atom. The van der Waals surface area contributed by atoms with E-state index in [1.54, 1.807) is 29.9 Å². The maximum absolute atomic E-state index is 12.7. The summed E-state index contributed by atoms with van der Waals surface area (Å²) in [5.41, 5.74) is 3.65. The molecular formula is C15H10ClF3N6S. The molecule has 11 heteroatoms. The van der Waals surface area contributed by atoms with Crippen molar-refractivity contribution in [1.29, 1.82) is 0 Å². The Hall–Kier alpha value is -2.46. The lowest BCUT2D eigenvalue weighted by Gasteiger charge is -2.06. The number of halogens is 4. The number of H-pyrrole nitrogens is 1. The molecule has 0 atom stereocenters. The third-order valence-electron chi connectivity index (χ3n) is 3.77. The first-order valence-corrected chi connectivity index (χ1v) is 8.80. The minimum atomic E-state index is -4.57. The van der Waals surface area contributed by atoms with Gasteiger partial charge in [-0.15, -0.1) is 33.1 Å². The van der Waals surface area contributed by atoms with Gasteiger partial charge in [-0.3, -0.25) is 4.98 Å². The first kappa shape index (κ1) is 17.0. The van der Waals surface area contributed by atoms with Crippen LogP contribution in [0.25, 0.3) is 22.4 Å². The van der Waals surface area contributed by atoms with E-state index in [0.717, 1.165) is 10.4 Å². The summed E-state index contributed by atoms with van der Waals surface area (Å²) < 4.78 is 40.1. The average molecular weight is 399 g/mol. The number of fused-ring (bicyclic) bond motifs is 1. The second-order valence-corrected chi connectivity index (χ2v) is 6.68. The summed E-state index contributed by atoms with van der Waals surface area (Å²) in [6, 6.07) is 5.09. The molecule has 0 radical (unpaired) electrons. The normalized spacial score (nSPS) is 12.2. The number of nitrogens with zero attached hydrogens (tertiary/aromatic N) is 5. The fourth-order valence-electron chi connectivity index (χ4n) is 2.59. The highest BCUT2D eigenvalue weighted by molar-refractivity contribution is 7.09. The topological polar surface area (TPSA) is 72.3 Å². The number of benzene rings is 1. The molecule has 0 unspecified atom stereocenters. The van der Waals surface area contributed by atoms with Gasteiger partial charge >= 0.3 is 6.18 Å². The van der Waals surface area contributed by atoms with Crippen LogP contribution in [0.15, 0.2) is 29.9 Å². The summed E-state index contributed by atoms with van der Waals surface area (Å²) >= 11 is 7.50. The lowest BCUT2D eigenvalue weighted by Crippen LogP contribution is -2.07. The molecule has 134 valence electrons. The van der Waals surface area contributed by atoms with Crippen molar-refractivity contribution in [2.75, 3.05) is 0 Å². The molecule has 0 fully saturated rings. The number of nitrogens with one attached hydrogen (secondary N) is 1. The van der Waals surface area contributed by atoms with Crippen molar-refractivity contribution in [2.24, 2.45) is 0 Å². The standard InChI is InChI=1S/C15H10ClF3N6S/c16-4-12-21-10-2-1-8(13-22-14(24-23-13)15(17,18)19)3-11(10)25(12)6-9-5-20-7-26-9/h1-3,5,7H,4,6H2,(H,22,23,24). The van der Waals surface area contributed by atoms with Gasteiger partial charge in [-0.05, 0) is 18.2 Å². The molecular weight excluding hydrogens is 389 g/mol. The minimum absolute atomic E-state index is 0.0391. The third-order valence-corrected chi connectivity index (χ3v) is 4.78. The van der Waals surface area contributed by atoms with Gasteiger partial charge in [0.1, 0.15) is 5.82 Å². The van der Waals surface area contributed by atoms with Crippen molar-refractivity contribution >= 4 is 34.0 Å². The monoisotopic (exact) mass is 398 g/mol. The second-order valence-electron chi connectivity index (χ2n) is 5.44. The van der Waals surface area contributed by atoms with Gasteiger partial charge in [-0.25, -0.2) is 4.98 Å². The van der Waals surface area contributed by atoms with Crippen LogP contribution in [0, 0.1) is 0 Å². The number of aromatic nitrogens is 6. The maximum Gasteiger partial charge on any atom is 0.451 e. The van der Waals surface area contributed by atoms with Gasteiger partial charge in [0, 0.05) is 16.6 Å². The molecule has 26 heavy (non-hydrogen) atoms. The predicted octanol–water partition coefficient (Wildman–Crippen LogP) is 4.08. The highest BCUT2D eigenvalue weighted by atomic mass is 35.5. The minimum Gasteiger partial charge on any atom is -0.322 e. The summed E-state index contributed by atoms with van der Waals surface area (Å²) in [5, 5.41) is 6.77. The van der Waals surface area contributed by atoms with E-state index in [2.05, 4.69) is 25.1 Å². The molecule has 1 N–H and O–H groups in total. The van der Waals surface area contributed by atoms with E-state index in [-0.39, 0.29) is 11.7 Å². The lowest BCUT2D eigenvalue weighted by atomic mass is 10.2. The van der Waals surface area contributed by atoms with Crippen molar-refractivity contribution in [3.8, 4) is 11.4 Å². The van der Waals surface area contributed by atoms with Crippen LogP contribution in [0.4, 0.5) is 13.2 Å². The molecule has 0 amide bonds. The van der Waals surface area contributed by atoms with E-state index in [4.69, 9.17) is 11.6 Å². The molecule has 4 aromatic rings. The van der Waals surface area contributed by atoms with Crippen LogP contribution in [0.1, 0.15) is 16.5 Å². The van der Waals surface area contributed by atoms with E-state index >= 15 is 0 Å². The van der Waals surface area contributed by atoms with Crippen LogP contribution in [0.5, 0.6) is 0 Å². The Kier molecular flexibility index (Phi) is 4.16. The zero-order chi connectivity index (χ0) is 18.3. The van der Waals surface area contributed by atoms with Crippen molar-refractivity contribution in [3.63, 3.8) is 0 Å². The van der Waals surface area contributed by atoms with Crippen LogP contribution in [-0.2, 0) is 18.6 Å². The Balaban J connectivity index is 1.79. The van der Waals surface area contributed by atoms with Gasteiger partial charge in [0.25, 0.3) is 0 Å². The molecule has 1 aromatic carbocycles. The first-order valence-electron chi connectivity index (χ1n) is 7.38. The van der Waals surface area contributed by atoms with E-state index in [1.165, 1.54) is 11.3 Å². The van der Waals surface area contributed by atoms with E-state index in [9.17, 15) is 13.2 Å². The molecule has 0 aliphatic carbocycles. The van der Waals surface area contributed by atoms with Gasteiger partial charge in [-0.1, -0.05) is 0 Å². The molecule has 4 rings (SSSR count). The summed E-state index contributed by atoms with van der Waals surface area (Å²) in [4.78, 5) is 11.8. The zero-order valence-corrected chi connectivity index (χ0v) is 14.5. The molecule has 6 nitrogen and oxygen atoms in total. The third kappa shape index (κ3) is 3.06. The smallest absolute Gasteiger partial charge is 0.322 e. The number of hydrogen-bond acceptors (Lipinski definition) is 5. The van der Waals surface area contributed by atoms with Gasteiger partial charge in [-0.2, -0.15) is 13.2 Å². The number of thiazole rings is 1. The highest BCUT2D eigenvalue weighted by Crippen LogP contribution is 2.29. The molecule has 0 spiro atoms. The summed E-state index contributed by atoms with van der Waals surface area (Å²) in [5.74, 6) is -0.214. The quantitative estimate of drug-likeness (QED) is 0.526. The number of alkyl halides is 4. The Labute approximate surface area is 153 Å². The predicted molar refractivity (Wildman–Crippen MR) is 90.9 cm³/mol. The van der Waals surface area contributed by atoms with Crippen LogP contribution in [-0.4, -0.2) is 29.7 Å². The van der Waals surface area contributed by atoms with E-state index in [1.807, 2.05) is 4.57 Å². The van der Waals surface area contributed by atoms with Gasteiger partial charge in [0.15, 0.2) is 5.82 Å². The van der Waals surface area contributed by atoms with E-state index in [0.29, 0.717) is 23.4 Å². The Bertz CT molecular complexity index is 1050. The number of hydrogen-bond donors (Lipinski definition) is 1. The zero-order valence-electron chi connectivity index (χ0n) is 13.0. The Morgan fingerprint density at radius 3 is 2.73 bits per heavy atom. The molecule has 0 bridgehead atoms. The lowest BCUT2D eigenvalue weighted by molar-refractivity contribution is -0.144. The van der Waals surface area contributed by atoms with Crippen molar-refractivity contribution in [2.45, 2.75) is 18.6 Å². The SMILES string of the molecule is FC(F)(F)c1nnc(-c2ccc3nc(CCl)n(Cc4cncs4)c3c2)[nH]1. The molecule has 3 aromatic heterocycles. The van der Waals surface area contributed by atoms with Crippen molar-refractivity contribution < 1.29 is 13.2 Å². The molecule has 0 saturated carbocycles. The van der Waals surface area contributed by atoms with Crippen LogP contribution < -0.4 is 0 Å². The number of aromatic amines is 1. The molecule has 3 heterocycles. The maximum atomic E-state index is 12.7. The molecule has 0 aliphatic rings. The first-order chi connectivity index (χ1) is 12.5. The summed E-state index contributed by atoms with van der Waals surface area (Å²) in [6.45, 7) is 0.525. The fourth-order valence-corrected chi connectivity index (χ4v) is 3.38. The van der Waals surface area contributed by atoms with Crippen LogP contribution in [0.3, 0.4) is 0 Å². The number of imidazole rings is 1. The van der Waals surface area contributed by atoms with Crippen molar-refractivity contribution in [3.05, 3.63) is 46.4 Å². The largest absolute Gasteiger partial charge is 0.451 e. The molecule has 0 aliphatic heterocycles. The summed E-state index contributed by atoms with van der Waals surface area (Å²) in [7, 11) is 0. The fraction of sp³-hybridized carbons (Fsp3) is 0.200. The average Bonchev–Trinajstić information content (AvgIpc) is 3.34. The van der Waals surface area contributed by atoms with Gasteiger partial charge in [0.2, 0.25) is 5.82 Å². The molecule has 0 saturated heterocycles. The van der Waals surface area contributed by atoms with Gasteiger partial charge in [0.05, 0.1) is 29.0 Å². The Morgan fingerprint density at radius 2 is 2.08 bits per heavy atom. The van der Waals surface area contributed by atoms with Gasteiger partial charge < -0.3 is 9.55 Å². The van der Waals surface area contributed by atoms with E-state index < -0.39 is 12.0 Å². The van der Waals surface area contributed by atoms with Crippen LogP contribution in [0.2, 0.25) is 0 Å². The second kappa shape index (κ2) is 6.36. The number of rotatable bonds is 4.